The first-order valence-corrected chi connectivity index (χ1v) is 16.6. The van der Waals surface area contributed by atoms with E-state index in [1.165, 1.54) is 16.7 Å². The van der Waals surface area contributed by atoms with Crippen molar-refractivity contribution in [3.8, 4) is 169 Å². The lowest BCUT2D eigenvalue weighted by molar-refractivity contribution is -0.160. The molecule has 2 fully saturated rings. The molecule has 0 aromatic heterocycles. The number of thioether (sulfide) groups is 1. The number of hydrogen-bond donors (Lipinski definition) is 2. The Bertz CT molecular complexity index is 1980. The maximum atomic E-state index is 12.1. The van der Waals surface area contributed by atoms with Crippen molar-refractivity contribution < 1.29 is 25.7 Å². The molecule has 0 radical (unpaired) electrons. The van der Waals surface area contributed by atoms with Crippen molar-refractivity contribution in [3.05, 3.63) is 0 Å². The molecule has 7 nitrogen and oxygen atoms in total. The third kappa shape index (κ3) is 39.4. The summed E-state index contributed by atoms with van der Waals surface area (Å²) in [6.45, 7) is 21.0. The Kier molecular flexibility index (Phi) is 50.3. The van der Waals surface area contributed by atoms with Gasteiger partial charge >= 0.3 is 12.1 Å². The fourth-order valence-corrected chi connectivity index (χ4v) is 4.67. The highest BCUT2D eigenvalue weighted by atomic mass is 32.2. The Labute approximate surface area is 352 Å². The van der Waals surface area contributed by atoms with Crippen LogP contribution in [0.4, 0.5) is 4.79 Å². The summed E-state index contributed by atoms with van der Waals surface area (Å²) in [4.78, 5) is 36.5. The van der Waals surface area contributed by atoms with E-state index >= 15 is 0 Å². The third-order valence-corrected chi connectivity index (χ3v) is 6.33. The summed E-state index contributed by atoms with van der Waals surface area (Å²) in [6, 6.07) is -1.61. The average Bonchev–Trinajstić information content (AvgIpc) is 3.41. The van der Waals surface area contributed by atoms with Gasteiger partial charge < -0.3 is 20.1 Å². The fourth-order valence-electron chi connectivity index (χ4n) is 3.04. The monoisotopic (exact) mass is 782 g/mol. The first-order valence-electron chi connectivity index (χ1n) is 15.7. The number of amides is 2. The smallest absolute Gasteiger partial charge is 0.408 e. The van der Waals surface area contributed by atoms with Gasteiger partial charge in [0.2, 0.25) is 5.91 Å². The number of β-lactam (4-membered cyclic amide) rings is 1. The molecule has 2 aliphatic heterocycles. The number of carboxylic acid groups (broad SMARTS) is 1. The van der Waals surface area contributed by atoms with E-state index in [1.807, 2.05) is 13.8 Å². The number of fused-ring (bicyclic) bond motifs is 1. The zero-order chi connectivity index (χ0) is 45.0. The van der Waals surface area contributed by atoms with Crippen LogP contribution < -0.4 is 5.32 Å². The maximum Gasteiger partial charge on any atom is 0.408 e. The number of nitrogens with zero attached hydrogens (tertiary/aromatic N) is 1. The minimum atomic E-state index is -1.03. The molecule has 2 heterocycles. The lowest BCUT2D eigenvalue weighted by Gasteiger charge is -2.43. The molecule has 2 amide bonds. The van der Waals surface area contributed by atoms with Crippen molar-refractivity contribution in [2.24, 2.45) is 0 Å². The average molecular weight is 783 g/mol. The van der Waals surface area contributed by atoms with E-state index in [2.05, 4.69) is 149 Å². The fraction of sp³-hybridized carbons (Fsp3) is 0.367. The molecule has 0 bridgehead atoms. The molecular weight excluding hydrogens is 729 g/mol. The molecule has 57 heavy (non-hydrogen) atoms. The molecule has 2 N–H and O–H groups in total. The van der Waals surface area contributed by atoms with Gasteiger partial charge in [0.1, 0.15) is 23.1 Å². The molecule has 2 aliphatic rings. The number of carboxylic acids is 1. The minimum absolute atomic E-state index is 0. The lowest BCUT2D eigenvalue weighted by Crippen LogP contribution is -2.70. The van der Waals surface area contributed by atoms with Gasteiger partial charge in [-0.3, -0.25) is 4.79 Å². The highest BCUT2D eigenvalue weighted by Crippen LogP contribution is 2.50. The molecule has 296 valence electrons. The molecule has 2 saturated heterocycles. The molecule has 0 unspecified atom stereocenters. The third-order valence-electron chi connectivity index (χ3n) is 4.76. The van der Waals surface area contributed by atoms with Crippen LogP contribution in [0.2, 0.25) is 0 Å². The molecule has 8 heteroatoms. The summed E-state index contributed by atoms with van der Waals surface area (Å²) in [5, 5.41) is 11.5. The number of ether oxygens (including phenoxy) is 1. The molecule has 0 aromatic carbocycles. The summed E-state index contributed by atoms with van der Waals surface area (Å²) in [5.41, 5.74) is -0.651. The number of alkyl carbamates (subject to hydrolysis) is 1. The second kappa shape index (κ2) is 44.6. The van der Waals surface area contributed by atoms with Crippen molar-refractivity contribution >= 4 is 29.7 Å². The van der Waals surface area contributed by atoms with Gasteiger partial charge in [0.25, 0.3) is 0 Å². The van der Waals surface area contributed by atoms with Crippen LogP contribution in [-0.4, -0.2) is 55.8 Å². The van der Waals surface area contributed by atoms with Gasteiger partial charge in [0, 0.05) is 6.17 Å². The summed E-state index contributed by atoms with van der Waals surface area (Å²) in [6.07, 6.45) is 30.8. The summed E-state index contributed by atoms with van der Waals surface area (Å²) in [7, 11) is 0. The number of nitrogens with one attached hydrogen (secondary N) is 1. The Morgan fingerprint density at radius 2 is 1.04 bits per heavy atom. The molecule has 0 spiro atoms. The van der Waals surface area contributed by atoms with Gasteiger partial charge in [-0.05, 0) is 166 Å². The minimum Gasteiger partial charge on any atom is -0.480 e. The van der Waals surface area contributed by atoms with E-state index in [1.54, 1.807) is 69.2 Å². The van der Waals surface area contributed by atoms with Crippen LogP contribution in [0.5, 0.6) is 0 Å². The SMILES string of the molecule is C.C#C.C#CC.C#CC#CC.C#CC#CC#C.C#CC#CC#CC.CC#CC.CC#CC#CC#CC.CC(C)(C)OC(=O)N[C@@H]1C(=O)N2[C@@H]1SC(C)(C)[C@@H]2C(=O)O.[HH]. The van der Waals surface area contributed by atoms with Crippen molar-refractivity contribution in [2.45, 2.75) is 118 Å². The number of hydrogen-bond acceptors (Lipinski definition) is 5. The van der Waals surface area contributed by atoms with Crippen LogP contribution in [0.1, 0.15) is 91.9 Å². The molecule has 0 aliphatic carbocycles. The van der Waals surface area contributed by atoms with E-state index in [0.29, 0.717) is 0 Å². The molecule has 0 aromatic rings. The van der Waals surface area contributed by atoms with Crippen molar-refractivity contribution in [2.75, 3.05) is 0 Å². The Morgan fingerprint density at radius 3 is 1.30 bits per heavy atom. The second-order valence-corrected chi connectivity index (χ2v) is 12.1. The van der Waals surface area contributed by atoms with Crippen LogP contribution in [0.25, 0.3) is 0 Å². The summed E-state index contributed by atoms with van der Waals surface area (Å²) < 4.78 is 4.52. The Hall–Kier alpha value is -7.60. The van der Waals surface area contributed by atoms with Crippen molar-refractivity contribution in [3.63, 3.8) is 0 Å². The number of carbonyl (C=O) groups excluding carboxylic acids is 2. The first kappa shape index (κ1) is 64.4. The zero-order valence-electron chi connectivity index (χ0n) is 34.2. The van der Waals surface area contributed by atoms with E-state index in [-0.39, 0.29) is 20.1 Å². The van der Waals surface area contributed by atoms with Gasteiger partial charge in [-0.25, -0.2) is 9.59 Å². The Morgan fingerprint density at radius 1 is 0.702 bits per heavy atom. The van der Waals surface area contributed by atoms with E-state index in [9.17, 15) is 19.5 Å². The number of rotatable bonds is 2. The van der Waals surface area contributed by atoms with E-state index < -0.39 is 34.5 Å². The molecule has 2 rings (SSSR count). The van der Waals surface area contributed by atoms with E-state index in [0.717, 1.165) is 0 Å². The van der Waals surface area contributed by atoms with Gasteiger partial charge in [0.15, 0.2) is 0 Å². The van der Waals surface area contributed by atoms with Gasteiger partial charge in [-0.15, -0.1) is 74.5 Å². The summed E-state index contributed by atoms with van der Waals surface area (Å²) >= 11 is 1.38. The second-order valence-electron chi connectivity index (χ2n) is 10.3. The number of terminal acetylenes is 6. The van der Waals surface area contributed by atoms with Crippen LogP contribution in [-0.2, 0) is 14.3 Å². The number of carbonyl (C=O) groups is 3. The zero-order valence-corrected chi connectivity index (χ0v) is 35.0. The summed E-state index contributed by atoms with van der Waals surface area (Å²) in [5.74, 6) is 49.4. The molecule has 3 atom stereocenters. The van der Waals surface area contributed by atoms with Crippen LogP contribution in [0, 0.1) is 169 Å². The van der Waals surface area contributed by atoms with Crippen LogP contribution in [0.3, 0.4) is 0 Å². The number of aliphatic carboxylic acids is 1. The molecular formula is C49H54N2O5S. The van der Waals surface area contributed by atoms with E-state index in [4.69, 9.17) is 30.4 Å². The normalized spacial score (nSPS) is 13.2. The highest BCUT2D eigenvalue weighted by Gasteiger charge is 2.64. The van der Waals surface area contributed by atoms with Gasteiger partial charge in [-0.1, -0.05) is 31.1 Å². The predicted octanol–water partition coefficient (Wildman–Crippen LogP) is 6.41. The predicted molar refractivity (Wildman–Crippen MR) is 242 cm³/mol. The van der Waals surface area contributed by atoms with Gasteiger partial charge in [0.05, 0.1) is 0 Å². The Balaban J connectivity index is -0.0000000945. The van der Waals surface area contributed by atoms with Crippen molar-refractivity contribution in [1.82, 2.24) is 10.2 Å². The van der Waals surface area contributed by atoms with Crippen molar-refractivity contribution in [1.29, 1.82) is 0 Å². The molecule has 0 saturated carbocycles. The lowest BCUT2D eigenvalue weighted by atomic mass is 9.96. The standard InChI is InChI=1S/C13H20N2O5S.C8H6.C7H4.C6H2.C5H4.C4H6.C3H4.C2H2.CH4.H2/c1-12(2,3)20-11(19)14-6-8(16)15-7(10(17)18)13(4,5)21-9(6)15;1-3-5-7-8-6-4-2;1-3-5-7-6-4-2;1-3-5-6-4-2;1-3-5-4-2;1-3-4-2;1-3-2;1-2;;/h6-7,9H,1-5H3,(H,14,19)(H,17,18);1-2H3;1H,2H3;1-2H;1H,2H3;1-2H3;1H,2H3;1-2H;1H4;1H/t6-,7+,9-;;;;;;;;;/m1........./s1. The first-order chi connectivity index (χ1) is 26.4. The van der Waals surface area contributed by atoms with Gasteiger partial charge in [-0.2, -0.15) is 0 Å². The highest BCUT2D eigenvalue weighted by molar-refractivity contribution is 8.01. The maximum absolute atomic E-state index is 12.1. The van der Waals surface area contributed by atoms with Crippen LogP contribution >= 0.6 is 11.8 Å². The quantitative estimate of drug-likeness (QED) is 0.249. The van der Waals surface area contributed by atoms with Crippen LogP contribution in [0.15, 0.2) is 0 Å². The largest absolute Gasteiger partial charge is 0.480 e. The topological polar surface area (TPSA) is 95.9 Å².